The van der Waals surface area contributed by atoms with Gasteiger partial charge in [-0.1, -0.05) is 18.6 Å². The smallest absolute Gasteiger partial charge is 0.391 e. The van der Waals surface area contributed by atoms with E-state index in [4.69, 9.17) is 9.47 Å². The zero-order chi connectivity index (χ0) is 21.6. The Morgan fingerprint density at radius 2 is 1.83 bits per heavy atom. The van der Waals surface area contributed by atoms with E-state index in [0.29, 0.717) is 24.2 Å². The topological polar surface area (TPSA) is 64.6 Å². The quantitative estimate of drug-likeness (QED) is 0.663. The molecule has 1 saturated carbocycles. The average Bonchev–Trinajstić information content (AvgIpc) is 2.66. The Morgan fingerprint density at radius 3 is 2.38 bits per heavy atom. The summed E-state index contributed by atoms with van der Waals surface area (Å²) >= 11 is 0. The van der Waals surface area contributed by atoms with Gasteiger partial charge in [-0.2, -0.15) is 13.2 Å². The summed E-state index contributed by atoms with van der Waals surface area (Å²) in [7, 11) is 1.52. The minimum Gasteiger partial charge on any atom is -0.497 e. The van der Waals surface area contributed by atoms with Crippen molar-refractivity contribution in [2.45, 2.75) is 64.3 Å². The lowest BCUT2D eigenvalue weighted by Crippen LogP contribution is -2.39. The number of alkyl halides is 3. The second kappa shape index (κ2) is 9.98. The van der Waals surface area contributed by atoms with Gasteiger partial charge in [-0.15, -0.1) is 0 Å². The molecule has 29 heavy (non-hydrogen) atoms. The van der Waals surface area contributed by atoms with E-state index in [-0.39, 0.29) is 25.4 Å². The van der Waals surface area contributed by atoms with Crippen LogP contribution in [0.3, 0.4) is 0 Å². The Labute approximate surface area is 168 Å². The van der Waals surface area contributed by atoms with Crippen molar-refractivity contribution in [3.05, 3.63) is 29.8 Å². The van der Waals surface area contributed by atoms with Gasteiger partial charge in [-0.05, 0) is 50.8 Å². The first kappa shape index (κ1) is 23.0. The Balaban J connectivity index is 2.12. The Hall–Kier alpha value is -2.25. The van der Waals surface area contributed by atoms with Gasteiger partial charge in [0.05, 0.1) is 31.6 Å². The van der Waals surface area contributed by atoms with Gasteiger partial charge in [0.1, 0.15) is 5.75 Å². The molecule has 1 aromatic rings. The molecule has 1 fully saturated rings. The monoisotopic (exact) mass is 415 g/mol. The van der Waals surface area contributed by atoms with Crippen molar-refractivity contribution in [2.75, 3.05) is 7.11 Å². The highest BCUT2D eigenvalue weighted by Gasteiger charge is 2.43. The summed E-state index contributed by atoms with van der Waals surface area (Å²) in [5.74, 6) is -2.52. The van der Waals surface area contributed by atoms with Crippen molar-refractivity contribution in [2.24, 2.45) is 11.8 Å². The molecular weight excluding hydrogens is 387 g/mol. The number of esters is 1. The predicted molar refractivity (Wildman–Crippen MR) is 101 cm³/mol. The highest BCUT2D eigenvalue weighted by Crippen LogP contribution is 2.40. The maximum Gasteiger partial charge on any atom is 0.391 e. The van der Waals surface area contributed by atoms with E-state index in [0.717, 1.165) is 0 Å². The molecule has 2 rings (SSSR count). The fraction of sp³-hybridized carbons (Fsp3) is 0.619. The molecule has 0 radical (unpaired) electrons. The number of halogens is 3. The van der Waals surface area contributed by atoms with Crippen molar-refractivity contribution in [1.82, 2.24) is 5.32 Å². The second-order valence-electron chi connectivity index (χ2n) is 7.68. The van der Waals surface area contributed by atoms with E-state index < -0.39 is 35.9 Å². The van der Waals surface area contributed by atoms with E-state index in [1.807, 2.05) is 0 Å². The number of amides is 1. The molecule has 8 heteroatoms. The van der Waals surface area contributed by atoms with Gasteiger partial charge in [0.25, 0.3) is 0 Å². The number of hydrogen-bond acceptors (Lipinski definition) is 4. The molecule has 1 amide bonds. The molecule has 1 aliphatic carbocycles. The molecule has 3 atom stereocenters. The molecule has 1 aliphatic rings. The molecule has 0 unspecified atom stereocenters. The largest absolute Gasteiger partial charge is 0.497 e. The summed E-state index contributed by atoms with van der Waals surface area (Å²) in [6, 6.07) is 6.13. The Kier molecular flexibility index (Phi) is 7.93. The van der Waals surface area contributed by atoms with Crippen LogP contribution in [0.25, 0.3) is 0 Å². The SMILES string of the molecule is COc1ccc([C@H](CC(=O)OC(C)C)NC(=O)[C@@H]2CCC[C@@H](C(F)(F)F)C2)cc1. The molecule has 1 N–H and O–H groups in total. The van der Waals surface area contributed by atoms with Gasteiger partial charge in [-0.3, -0.25) is 9.59 Å². The van der Waals surface area contributed by atoms with E-state index in [9.17, 15) is 22.8 Å². The van der Waals surface area contributed by atoms with Crippen molar-refractivity contribution in [1.29, 1.82) is 0 Å². The zero-order valence-corrected chi connectivity index (χ0v) is 16.9. The molecule has 0 spiro atoms. The lowest BCUT2D eigenvalue weighted by molar-refractivity contribution is -0.186. The van der Waals surface area contributed by atoms with Crippen LogP contribution < -0.4 is 10.1 Å². The van der Waals surface area contributed by atoms with E-state index in [1.54, 1.807) is 38.1 Å². The summed E-state index contributed by atoms with van der Waals surface area (Å²) < 4.78 is 49.5. The Morgan fingerprint density at radius 1 is 1.17 bits per heavy atom. The minimum absolute atomic E-state index is 0.0515. The van der Waals surface area contributed by atoms with Gasteiger partial charge in [-0.25, -0.2) is 0 Å². The summed E-state index contributed by atoms with van der Waals surface area (Å²) in [6.45, 7) is 3.44. The lowest BCUT2D eigenvalue weighted by atomic mass is 9.80. The minimum atomic E-state index is -4.30. The van der Waals surface area contributed by atoms with Gasteiger partial charge >= 0.3 is 12.1 Å². The number of ether oxygens (including phenoxy) is 2. The van der Waals surface area contributed by atoms with Crippen LogP contribution in [0.15, 0.2) is 24.3 Å². The van der Waals surface area contributed by atoms with Crippen LogP contribution in [0.5, 0.6) is 5.75 Å². The number of benzene rings is 1. The van der Waals surface area contributed by atoms with Crippen LogP contribution in [0.2, 0.25) is 0 Å². The first-order valence-electron chi connectivity index (χ1n) is 9.80. The summed E-state index contributed by atoms with van der Waals surface area (Å²) in [5, 5.41) is 2.77. The number of nitrogens with one attached hydrogen (secondary N) is 1. The highest BCUT2D eigenvalue weighted by atomic mass is 19.4. The van der Waals surface area contributed by atoms with Crippen molar-refractivity contribution in [3.8, 4) is 5.75 Å². The lowest BCUT2D eigenvalue weighted by Gasteiger charge is -2.31. The van der Waals surface area contributed by atoms with Crippen LogP contribution >= 0.6 is 0 Å². The van der Waals surface area contributed by atoms with Gasteiger partial charge in [0.2, 0.25) is 5.91 Å². The summed E-state index contributed by atoms with van der Waals surface area (Å²) in [4.78, 5) is 24.9. The molecule has 0 saturated heterocycles. The van der Waals surface area contributed by atoms with E-state index in [1.165, 1.54) is 7.11 Å². The fourth-order valence-electron chi connectivity index (χ4n) is 3.58. The van der Waals surface area contributed by atoms with Crippen LogP contribution in [0.1, 0.15) is 57.6 Å². The molecule has 162 valence electrons. The average molecular weight is 415 g/mol. The molecule has 0 aromatic heterocycles. The first-order chi connectivity index (χ1) is 13.6. The van der Waals surface area contributed by atoms with Crippen molar-refractivity contribution >= 4 is 11.9 Å². The van der Waals surface area contributed by atoms with E-state index in [2.05, 4.69) is 5.32 Å². The van der Waals surface area contributed by atoms with Crippen LogP contribution in [-0.4, -0.2) is 31.3 Å². The molecule has 5 nitrogen and oxygen atoms in total. The third kappa shape index (κ3) is 6.94. The zero-order valence-electron chi connectivity index (χ0n) is 16.9. The first-order valence-corrected chi connectivity index (χ1v) is 9.80. The van der Waals surface area contributed by atoms with Gasteiger partial charge in [0.15, 0.2) is 0 Å². The van der Waals surface area contributed by atoms with Crippen LogP contribution in [0.4, 0.5) is 13.2 Å². The molecule has 0 bridgehead atoms. The van der Waals surface area contributed by atoms with Crippen molar-refractivity contribution < 1.29 is 32.2 Å². The number of carbonyl (C=O) groups excluding carboxylic acids is 2. The second-order valence-corrected chi connectivity index (χ2v) is 7.68. The maximum absolute atomic E-state index is 13.1. The maximum atomic E-state index is 13.1. The summed E-state index contributed by atoms with van der Waals surface area (Å²) in [6.07, 6.45) is -4.12. The number of hydrogen-bond donors (Lipinski definition) is 1. The number of rotatable bonds is 7. The molecule has 0 heterocycles. The van der Waals surface area contributed by atoms with E-state index >= 15 is 0 Å². The number of carbonyl (C=O) groups is 2. The molecule has 0 aliphatic heterocycles. The fourth-order valence-corrected chi connectivity index (χ4v) is 3.58. The van der Waals surface area contributed by atoms with Crippen LogP contribution in [0, 0.1) is 11.8 Å². The third-order valence-electron chi connectivity index (χ3n) is 5.08. The standard InChI is InChI=1S/C21H28F3NO4/c1-13(2)29-19(26)12-18(14-7-9-17(28-3)10-8-14)25-20(27)15-5-4-6-16(11-15)21(22,23)24/h7-10,13,15-16,18H,4-6,11-12H2,1-3H3,(H,25,27)/t15-,16-,18+/m1/s1. The van der Waals surface area contributed by atoms with Gasteiger partial charge in [0, 0.05) is 5.92 Å². The van der Waals surface area contributed by atoms with Crippen molar-refractivity contribution in [3.63, 3.8) is 0 Å². The van der Waals surface area contributed by atoms with Gasteiger partial charge < -0.3 is 14.8 Å². The predicted octanol–water partition coefficient (Wildman–Crippen LogP) is 4.56. The molecular formula is C21H28F3NO4. The Bertz CT molecular complexity index is 688. The van der Waals surface area contributed by atoms with Crippen LogP contribution in [-0.2, 0) is 14.3 Å². The molecule has 1 aromatic carbocycles. The highest BCUT2D eigenvalue weighted by molar-refractivity contribution is 5.80. The summed E-state index contributed by atoms with van der Waals surface area (Å²) in [5.41, 5.74) is 0.656. The third-order valence-corrected chi connectivity index (χ3v) is 5.08. The number of methoxy groups -OCH3 is 1. The normalized spacial score (nSPS) is 20.8.